The van der Waals surface area contributed by atoms with E-state index >= 15 is 0 Å². The van der Waals surface area contributed by atoms with Crippen molar-refractivity contribution in [3.63, 3.8) is 0 Å². The number of ether oxygens (including phenoxy) is 1. The fraction of sp³-hybridized carbons (Fsp3) is 0.909. The van der Waals surface area contributed by atoms with Crippen LogP contribution in [0.4, 0.5) is 0 Å². The van der Waals surface area contributed by atoms with E-state index < -0.39 is 0 Å². The summed E-state index contributed by atoms with van der Waals surface area (Å²) in [4.78, 5) is 19.3. The lowest BCUT2D eigenvalue weighted by molar-refractivity contribution is -0.135. The number of carbonyl (C=O) groups is 1. The molecule has 2 N–H and O–H groups in total. The quantitative estimate of drug-likeness (QED) is 0.306. The number of halogens is 1. The van der Waals surface area contributed by atoms with E-state index in [2.05, 4.69) is 20.5 Å². The summed E-state index contributed by atoms with van der Waals surface area (Å²) >= 11 is 0. The third kappa shape index (κ3) is 6.97. The van der Waals surface area contributed by atoms with E-state index in [1.54, 1.807) is 7.11 Å². The van der Waals surface area contributed by atoms with E-state index in [4.69, 9.17) is 4.74 Å². The zero-order valence-electron chi connectivity index (χ0n) is 18.4. The molecule has 6 nitrogen and oxygen atoms in total. The summed E-state index contributed by atoms with van der Waals surface area (Å²) in [6, 6.07) is 0.303. The predicted octanol–water partition coefficient (Wildman–Crippen LogP) is 3.55. The molecule has 168 valence electrons. The molecule has 2 saturated carbocycles. The van der Waals surface area contributed by atoms with Crippen LogP contribution in [0.1, 0.15) is 70.6 Å². The van der Waals surface area contributed by atoms with Crippen LogP contribution in [0.5, 0.6) is 0 Å². The topological polar surface area (TPSA) is 66.0 Å². The van der Waals surface area contributed by atoms with E-state index in [1.807, 2.05) is 7.05 Å². The first-order chi connectivity index (χ1) is 13.7. The van der Waals surface area contributed by atoms with Gasteiger partial charge in [-0.1, -0.05) is 32.1 Å². The molecule has 2 aliphatic carbocycles. The molecule has 1 unspecified atom stereocenters. The summed E-state index contributed by atoms with van der Waals surface area (Å²) < 4.78 is 5.34. The van der Waals surface area contributed by atoms with Crippen LogP contribution < -0.4 is 10.6 Å². The molecule has 0 bridgehead atoms. The molecule has 29 heavy (non-hydrogen) atoms. The first kappa shape index (κ1) is 24.7. The largest absolute Gasteiger partial charge is 0.385 e. The van der Waals surface area contributed by atoms with Crippen molar-refractivity contribution in [2.45, 2.75) is 76.7 Å². The lowest BCUT2D eigenvalue weighted by Gasteiger charge is -2.30. The van der Waals surface area contributed by atoms with E-state index in [0.29, 0.717) is 17.4 Å². The third-order valence-electron chi connectivity index (χ3n) is 7.15. The van der Waals surface area contributed by atoms with Crippen LogP contribution >= 0.6 is 24.0 Å². The molecule has 0 aromatic heterocycles. The van der Waals surface area contributed by atoms with Crippen LogP contribution in [0.2, 0.25) is 0 Å². The minimum Gasteiger partial charge on any atom is -0.385 e. The van der Waals surface area contributed by atoms with Gasteiger partial charge in [0.2, 0.25) is 5.91 Å². The third-order valence-corrected chi connectivity index (χ3v) is 7.15. The van der Waals surface area contributed by atoms with Crippen LogP contribution in [-0.4, -0.2) is 63.2 Å². The Morgan fingerprint density at radius 2 is 1.86 bits per heavy atom. The number of likely N-dealkylation sites (tertiary alicyclic amines) is 1. The zero-order valence-corrected chi connectivity index (χ0v) is 20.7. The molecular formula is C22H41IN4O2. The SMILES string of the molecule is CN=C(NCC1(CCOC)CCCC1)NC1CCN(C(=O)C2CCCCC2)C1.I. The molecule has 1 heterocycles. The first-order valence-electron chi connectivity index (χ1n) is 11.4. The van der Waals surface area contributed by atoms with Gasteiger partial charge in [-0.2, -0.15) is 0 Å². The summed E-state index contributed by atoms with van der Waals surface area (Å²) in [5.41, 5.74) is 0.340. The summed E-state index contributed by atoms with van der Waals surface area (Å²) in [7, 11) is 3.63. The Morgan fingerprint density at radius 3 is 2.52 bits per heavy atom. The summed E-state index contributed by atoms with van der Waals surface area (Å²) in [5.74, 6) is 1.53. The molecule has 3 aliphatic rings. The van der Waals surface area contributed by atoms with Crippen LogP contribution in [0, 0.1) is 11.3 Å². The van der Waals surface area contributed by atoms with E-state index in [0.717, 1.165) is 57.9 Å². The fourth-order valence-electron chi connectivity index (χ4n) is 5.30. The number of carbonyl (C=O) groups excluding carboxylic acids is 1. The standard InChI is InChI=1S/C22H40N4O2.HI/c1-23-21(24-17-22(13-15-28-2)11-6-7-12-22)25-19-10-14-26(16-19)20(27)18-8-4-3-5-9-18;/h18-19H,3-17H2,1-2H3,(H2,23,24,25);1H. The van der Waals surface area contributed by atoms with Gasteiger partial charge >= 0.3 is 0 Å². The first-order valence-corrected chi connectivity index (χ1v) is 11.4. The number of hydrogen-bond acceptors (Lipinski definition) is 3. The zero-order chi connectivity index (χ0) is 19.8. The predicted molar refractivity (Wildman–Crippen MR) is 129 cm³/mol. The van der Waals surface area contributed by atoms with Gasteiger partial charge in [-0.3, -0.25) is 9.79 Å². The minimum atomic E-state index is 0. The highest BCUT2D eigenvalue weighted by molar-refractivity contribution is 14.0. The molecular weight excluding hydrogens is 479 g/mol. The molecule has 3 rings (SSSR count). The molecule has 1 aliphatic heterocycles. The maximum Gasteiger partial charge on any atom is 0.225 e. The molecule has 1 atom stereocenters. The molecule has 0 radical (unpaired) electrons. The lowest BCUT2D eigenvalue weighted by Crippen LogP contribution is -2.48. The lowest BCUT2D eigenvalue weighted by atomic mass is 9.83. The Kier molecular flexibility index (Phi) is 10.5. The Morgan fingerprint density at radius 1 is 1.14 bits per heavy atom. The molecule has 7 heteroatoms. The normalized spacial score (nSPS) is 25.0. The molecule has 1 saturated heterocycles. The number of rotatable bonds is 7. The van der Waals surface area contributed by atoms with E-state index in [9.17, 15) is 4.79 Å². The van der Waals surface area contributed by atoms with Gasteiger partial charge in [0.25, 0.3) is 0 Å². The number of nitrogens with one attached hydrogen (secondary N) is 2. The van der Waals surface area contributed by atoms with Crippen LogP contribution in [0.25, 0.3) is 0 Å². The number of aliphatic imine (C=N–C) groups is 1. The number of guanidine groups is 1. The number of amides is 1. The molecule has 3 fully saturated rings. The fourth-order valence-corrected chi connectivity index (χ4v) is 5.30. The molecule has 0 spiro atoms. The van der Waals surface area contributed by atoms with Crippen molar-refractivity contribution in [1.82, 2.24) is 15.5 Å². The van der Waals surface area contributed by atoms with Crippen molar-refractivity contribution in [1.29, 1.82) is 0 Å². The van der Waals surface area contributed by atoms with Gasteiger partial charge in [-0.05, 0) is 43.9 Å². The van der Waals surface area contributed by atoms with Crippen molar-refractivity contribution in [2.24, 2.45) is 16.3 Å². The molecule has 0 aromatic rings. The number of hydrogen-bond donors (Lipinski definition) is 2. The average molecular weight is 521 g/mol. The second-order valence-electron chi connectivity index (χ2n) is 9.12. The second kappa shape index (κ2) is 12.3. The Hall–Kier alpha value is -0.570. The number of methoxy groups -OCH3 is 1. The Labute approximate surface area is 194 Å². The summed E-state index contributed by atoms with van der Waals surface area (Å²) in [5, 5.41) is 7.14. The van der Waals surface area contributed by atoms with Crippen molar-refractivity contribution in [3.8, 4) is 0 Å². The van der Waals surface area contributed by atoms with Crippen molar-refractivity contribution >= 4 is 35.8 Å². The van der Waals surface area contributed by atoms with Crippen LogP contribution in [0.3, 0.4) is 0 Å². The highest BCUT2D eigenvalue weighted by Crippen LogP contribution is 2.40. The maximum atomic E-state index is 12.8. The van der Waals surface area contributed by atoms with Gasteiger partial charge in [0.15, 0.2) is 5.96 Å². The summed E-state index contributed by atoms with van der Waals surface area (Å²) in [6.45, 7) is 3.47. The minimum absolute atomic E-state index is 0. The Bertz CT molecular complexity index is 531. The smallest absolute Gasteiger partial charge is 0.225 e. The van der Waals surface area contributed by atoms with Crippen molar-refractivity contribution in [2.75, 3.05) is 40.4 Å². The maximum absolute atomic E-state index is 12.8. The van der Waals surface area contributed by atoms with Gasteiger partial charge in [0, 0.05) is 52.4 Å². The number of nitrogens with zero attached hydrogens (tertiary/aromatic N) is 2. The second-order valence-corrected chi connectivity index (χ2v) is 9.12. The van der Waals surface area contributed by atoms with Gasteiger partial charge in [0.1, 0.15) is 0 Å². The van der Waals surface area contributed by atoms with Crippen molar-refractivity contribution < 1.29 is 9.53 Å². The average Bonchev–Trinajstić information content (AvgIpc) is 3.40. The molecule has 0 aromatic carbocycles. The van der Waals surface area contributed by atoms with Gasteiger partial charge < -0.3 is 20.3 Å². The van der Waals surface area contributed by atoms with Gasteiger partial charge in [-0.15, -0.1) is 24.0 Å². The van der Waals surface area contributed by atoms with Crippen LogP contribution in [0.15, 0.2) is 4.99 Å². The summed E-state index contributed by atoms with van der Waals surface area (Å²) in [6.07, 6.45) is 13.2. The van der Waals surface area contributed by atoms with E-state index in [-0.39, 0.29) is 29.9 Å². The van der Waals surface area contributed by atoms with Gasteiger partial charge in [-0.25, -0.2) is 0 Å². The van der Waals surface area contributed by atoms with Crippen LogP contribution in [-0.2, 0) is 9.53 Å². The highest BCUT2D eigenvalue weighted by atomic mass is 127. The van der Waals surface area contributed by atoms with Crippen molar-refractivity contribution in [3.05, 3.63) is 0 Å². The molecule has 1 amide bonds. The monoisotopic (exact) mass is 520 g/mol. The highest BCUT2D eigenvalue weighted by Gasteiger charge is 2.34. The van der Waals surface area contributed by atoms with Gasteiger partial charge in [0.05, 0.1) is 0 Å². The van der Waals surface area contributed by atoms with E-state index in [1.165, 1.54) is 44.9 Å². The Balaban J connectivity index is 0.00000300.